The maximum absolute atomic E-state index is 13.3. The van der Waals surface area contributed by atoms with E-state index in [9.17, 15) is 14.9 Å². The number of hydrogen-bond donors (Lipinski definition) is 0. The minimum atomic E-state index is -0.429. The van der Waals surface area contributed by atoms with Crippen LogP contribution in [-0.2, 0) is 12.0 Å². The molecule has 0 aliphatic rings. The molecule has 0 N–H and O–H groups in total. The maximum atomic E-state index is 13.3. The van der Waals surface area contributed by atoms with Gasteiger partial charge in [0, 0.05) is 22.0 Å². The van der Waals surface area contributed by atoms with Gasteiger partial charge < -0.3 is 4.74 Å². The molecule has 0 bridgehead atoms. The third kappa shape index (κ3) is 5.81. The summed E-state index contributed by atoms with van der Waals surface area (Å²) < 4.78 is 8.86. The molecule has 3 aromatic carbocycles. The van der Waals surface area contributed by atoms with Gasteiger partial charge in [0.2, 0.25) is 0 Å². The first-order valence-electron chi connectivity index (χ1n) is 11.0. The Morgan fingerprint density at radius 2 is 1.94 bits per heavy atom. The van der Waals surface area contributed by atoms with Crippen LogP contribution in [0.25, 0.3) is 10.9 Å². The molecule has 0 saturated carbocycles. The van der Waals surface area contributed by atoms with E-state index in [1.807, 2.05) is 51.1 Å². The smallest absolute Gasteiger partial charge is 0.282 e. The summed E-state index contributed by atoms with van der Waals surface area (Å²) in [7, 11) is 0. The van der Waals surface area contributed by atoms with Crippen LogP contribution in [0.5, 0.6) is 5.75 Å². The van der Waals surface area contributed by atoms with E-state index >= 15 is 0 Å². The van der Waals surface area contributed by atoms with Crippen molar-refractivity contribution in [2.75, 3.05) is 0 Å². The largest absolute Gasteiger partial charge is 0.488 e. The summed E-state index contributed by atoms with van der Waals surface area (Å²) >= 11 is 5.58. The standard InChI is InChI=1S/C26H22BrIN4O4/c1-26(2,3)25-30-22-9-8-18(27)13-20(22)24(33)31(25)29-14-16-7-10-23(21(28)12-16)36-15-17-5-4-6-19(11-17)32(34)35/h4-14H,15H2,1-3H3. The van der Waals surface area contributed by atoms with Crippen molar-refractivity contribution >= 4 is 61.3 Å². The van der Waals surface area contributed by atoms with E-state index in [0.29, 0.717) is 28.0 Å². The quantitative estimate of drug-likeness (QED) is 0.103. The van der Waals surface area contributed by atoms with Crippen LogP contribution in [0.15, 0.2) is 75.0 Å². The second-order valence-corrected chi connectivity index (χ2v) is 11.2. The van der Waals surface area contributed by atoms with Crippen LogP contribution in [0.2, 0.25) is 0 Å². The van der Waals surface area contributed by atoms with Crippen LogP contribution < -0.4 is 10.3 Å². The number of ether oxygens (including phenoxy) is 1. The number of rotatable bonds is 6. The highest BCUT2D eigenvalue weighted by molar-refractivity contribution is 14.1. The fourth-order valence-electron chi connectivity index (χ4n) is 3.50. The Balaban J connectivity index is 1.61. The van der Waals surface area contributed by atoms with Crippen molar-refractivity contribution in [2.24, 2.45) is 5.10 Å². The van der Waals surface area contributed by atoms with E-state index in [4.69, 9.17) is 9.72 Å². The van der Waals surface area contributed by atoms with Crippen molar-refractivity contribution in [1.29, 1.82) is 0 Å². The second-order valence-electron chi connectivity index (χ2n) is 9.11. The van der Waals surface area contributed by atoms with Crippen molar-refractivity contribution < 1.29 is 9.66 Å². The summed E-state index contributed by atoms with van der Waals surface area (Å²) in [6.07, 6.45) is 1.62. The number of nitro groups is 1. The van der Waals surface area contributed by atoms with E-state index in [2.05, 4.69) is 43.6 Å². The van der Waals surface area contributed by atoms with Gasteiger partial charge in [-0.15, -0.1) is 0 Å². The van der Waals surface area contributed by atoms with Crippen molar-refractivity contribution in [3.05, 3.63) is 106 Å². The van der Waals surface area contributed by atoms with Crippen LogP contribution in [-0.4, -0.2) is 20.8 Å². The Morgan fingerprint density at radius 3 is 2.64 bits per heavy atom. The van der Waals surface area contributed by atoms with E-state index in [1.165, 1.54) is 16.8 Å². The molecular weight excluding hydrogens is 639 g/mol. The molecule has 1 aromatic heterocycles. The van der Waals surface area contributed by atoms with Crippen LogP contribution in [0, 0.1) is 13.7 Å². The summed E-state index contributed by atoms with van der Waals surface area (Å²) in [4.78, 5) is 28.6. The lowest BCUT2D eigenvalue weighted by Gasteiger charge is -2.20. The van der Waals surface area contributed by atoms with Gasteiger partial charge in [0.15, 0.2) is 0 Å². The average molecular weight is 661 g/mol. The van der Waals surface area contributed by atoms with E-state index < -0.39 is 10.3 Å². The average Bonchev–Trinajstić information content (AvgIpc) is 2.82. The molecule has 0 fully saturated rings. The van der Waals surface area contributed by atoms with E-state index in [-0.39, 0.29) is 17.9 Å². The number of fused-ring (bicyclic) bond motifs is 1. The number of nitrogens with zero attached hydrogens (tertiary/aromatic N) is 4. The molecule has 0 spiro atoms. The molecular formula is C26H22BrIN4O4. The highest BCUT2D eigenvalue weighted by atomic mass is 127. The van der Waals surface area contributed by atoms with Gasteiger partial charge in [-0.2, -0.15) is 9.78 Å². The van der Waals surface area contributed by atoms with Gasteiger partial charge in [-0.1, -0.05) is 48.8 Å². The predicted octanol–water partition coefficient (Wildman–Crippen LogP) is 6.43. The zero-order valence-electron chi connectivity index (χ0n) is 19.7. The molecule has 0 aliphatic carbocycles. The Labute approximate surface area is 229 Å². The van der Waals surface area contributed by atoms with Crippen LogP contribution >= 0.6 is 38.5 Å². The Morgan fingerprint density at radius 1 is 1.17 bits per heavy atom. The monoisotopic (exact) mass is 660 g/mol. The molecule has 0 amide bonds. The van der Waals surface area contributed by atoms with Crippen molar-refractivity contribution in [2.45, 2.75) is 32.8 Å². The molecule has 4 rings (SSSR count). The molecule has 0 saturated heterocycles. The van der Waals surface area contributed by atoms with Crippen LogP contribution in [0.1, 0.15) is 37.7 Å². The molecule has 0 unspecified atom stereocenters. The summed E-state index contributed by atoms with van der Waals surface area (Å²) in [6.45, 7) is 6.17. The highest BCUT2D eigenvalue weighted by Crippen LogP contribution is 2.25. The van der Waals surface area contributed by atoms with Crippen molar-refractivity contribution in [1.82, 2.24) is 9.66 Å². The number of nitro benzene ring substituents is 1. The number of non-ortho nitro benzene ring substituents is 1. The number of aromatic nitrogens is 2. The molecule has 10 heteroatoms. The topological polar surface area (TPSA) is 99.6 Å². The SMILES string of the molecule is CC(C)(C)c1nc2ccc(Br)cc2c(=O)n1N=Cc1ccc(OCc2cccc([N+](=O)[O-])c2)c(I)c1. The number of benzene rings is 3. The zero-order valence-corrected chi connectivity index (χ0v) is 23.5. The third-order valence-corrected chi connectivity index (χ3v) is 6.61. The minimum Gasteiger partial charge on any atom is -0.488 e. The Kier molecular flexibility index (Phi) is 7.55. The fourth-order valence-corrected chi connectivity index (χ4v) is 4.56. The molecule has 0 radical (unpaired) electrons. The molecule has 4 aromatic rings. The lowest BCUT2D eigenvalue weighted by atomic mass is 9.95. The molecule has 0 atom stereocenters. The summed E-state index contributed by atoms with van der Waals surface area (Å²) in [5, 5.41) is 16.0. The first-order valence-corrected chi connectivity index (χ1v) is 12.8. The van der Waals surface area contributed by atoms with Gasteiger partial charge in [-0.05, 0) is 70.1 Å². The lowest BCUT2D eigenvalue weighted by Crippen LogP contribution is -2.29. The normalized spacial score (nSPS) is 11.8. The molecule has 36 heavy (non-hydrogen) atoms. The van der Waals surface area contributed by atoms with Gasteiger partial charge in [0.1, 0.15) is 18.2 Å². The van der Waals surface area contributed by atoms with Crippen molar-refractivity contribution in [3.8, 4) is 5.75 Å². The van der Waals surface area contributed by atoms with Crippen LogP contribution in [0.4, 0.5) is 5.69 Å². The summed E-state index contributed by atoms with van der Waals surface area (Å²) in [5.74, 6) is 1.20. The van der Waals surface area contributed by atoms with Gasteiger partial charge in [-0.3, -0.25) is 14.9 Å². The zero-order chi connectivity index (χ0) is 26.0. The molecule has 0 aliphatic heterocycles. The number of halogens is 2. The lowest BCUT2D eigenvalue weighted by molar-refractivity contribution is -0.384. The number of hydrogen-bond acceptors (Lipinski definition) is 6. The molecule has 1 heterocycles. The van der Waals surface area contributed by atoms with Gasteiger partial charge in [-0.25, -0.2) is 4.98 Å². The third-order valence-electron chi connectivity index (χ3n) is 5.27. The van der Waals surface area contributed by atoms with Gasteiger partial charge in [0.25, 0.3) is 11.2 Å². The fraction of sp³-hybridized carbons (Fsp3) is 0.192. The predicted molar refractivity (Wildman–Crippen MR) is 152 cm³/mol. The first-order chi connectivity index (χ1) is 17.0. The maximum Gasteiger partial charge on any atom is 0.282 e. The van der Waals surface area contributed by atoms with E-state index in [1.54, 1.807) is 24.4 Å². The molecule has 8 nitrogen and oxygen atoms in total. The summed E-state index contributed by atoms with van der Waals surface area (Å²) in [5.41, 5.74) is 1.49. The minimum absolute atomic E-state index is 0.0257. The first kappa shape index (κ1) is 26.0. The van der Waals surface area contributed by atoms with Crippen molar-refractivity contribution in [3.63, 3.8) is 0 Å². The van der Waals surface area contributed by atoms with Gasteiger partial charge in [0.05, 0.1) is 25.6 Å². The second kappa shape index (κ2) is 10.5. The van der Waals surface area contributed by atoms with Crippen LogP contribution in [0.3, 0.4) is 0 Å². The van der Waals surface area contributed by atoms with E-state index in [0.717, 1.165) is 13.6 Å². The highest BCUT2D eigenvalue weighted by Gasteiger charge is 2.23. The van der Waals surface area contributed by atoms with Gasteiger partial charge >= 0.3 is 0 Å². The Hall–Kier alpha value is -3.12. The summed E-state index contributed by atoms with van der Waals surface area (Å²) in [6, 6.07) is 17.3. The molecule has 184 valence electrons. The Bertz CT molecular complexity index is 1560.